The number of esters is 1. The van der Waals surface area contributed by atoms with Gasteiger partial charge in [-0.05, 0) is 43.7 Å². The first-order chi connectivity index (χ1) is 18.0. The molecule has 212 valence electrons. The van der Waals surface area contributed by atoms with Crippen molar-refractivity contribution < 1.29 is 32.3 Å². The SMILES string of the molecule is CCOC(=O)C(C(C)C)N1CCC(NC(=O)C2SCCN2C(=O)CC(N)Cc2cc(F)c(F)cc2F)CC1. The highest BCUT2D eigenvalue weighted by molar-refractivity contribution is 8.00. The normalized spacial score (nSPS) is 20.4. The van der Waals surface area contributed by atoms with E-state index in [0.717, 1.165) is 6.07 Å². The smallest absolute Gasteiger partial charge is 0.323 e. The molecular formula is C26H37F3N4O4S. The Labute approximate surface area is 225 Å². The number of piperidine rings is 1. The summed E-state index contributed by atoms with van der Waals surface area (Å²) in [5.41, 5.74) is 5.92. The Kier molecular flexibility index (Phi) is 10.9. The number of halogens is 3. The Morgan fingerprint density at radius 3 is 2.39 bits per heavy atom. The molecule has 0 aromatic heterocycles. The first-order valence-corrected chi connectivity index (χ1v) is 14.1. The van der Waals surface area contributed by atoms with Gasteiger partial charge in [0.25, 0.3) is 5.91 Å². The number of amides is 2. The van der Waals surface area contributed by atoms with Crippen molar-refractivity contribution in [2.45, 2.75) is 70.0 Å². The van der Waals surface area contributed by atoms with Crippen molar-refractivity contribution in [3.05, 3.63) is 35.1 Å². The highest BCUT2D eigenvalue weighted by atomic mass is 32.2. The van der Waals surface area contributed by atoms with Crippen molar-refractivity contribution in [2.24, 2.45) is 11.7 Å². The highest BCUT2D eigenvalue weighted by Gasteiger charge is 2.38. The Balaban J connectivity index is 1.51. The minimum atomic E-state index is -1.29. The molecule has 2 amide bonds. The largest absolute Gasteiger partial charge is 0.465 e. The number of rotatable bonds is 10. The van der Waals surface area contributed by atoms with Gasteiger partial charge in [-0.15, -0.1) is 11.8 Å². The molecule has 3 atom stereocenters. The van der Waals surface area contributed by atoms with E-state index < -0.39 is 28.9 Å². The summed E-state index contributed by atoms with van der Waals surface area (Å²) in [6.45, 7) is 7.74. The van der Waals surface area contributed by atoms with Crippen LogP contribution in [-0.2, 0) is 25.5 Å². The monoisotopic (exact) mass is 558 g/mol. The van der Waals surface area contributed by atoms with E-state index in [1.54, 1.807) is 6.92 Å². The lowest BCUT2D eigenvalue weighted by atomic mass is 9.97. The molecule has 0 bridgehead atoms. The van der Waals surface area contributed by atoms with Gasteiger partial charge in [0, 0.05) is 50.0 Å². The number of carbonyl (C=O) groups excluding carboxylic acids is 3. The minimum absolute atomic E-state index is 0.0782. The lowest BCUT2D eigenvalue weighted by Crippen LogP contribution is -2.54. The zero-order valence-electron chi connectivity index (χ0n) is 22.1. The van der Waals surface area contributed by atoms with Crippen LogP contribution in [0.4, 0.5) is 13.2 Å². The second-order valence-electron chi connectivity index (χ2n) is 10.1. The molecule has 2 aliphatic rings. The van der Waals surface area contributed by atoms with E-state index in [1.165, 1.54) is 16.7 Å². The van der Waals surface area contributed by atoms with Gasteiger partial charge in [0.2, 0.25) is 5.91 Å². The van der Waals surface area contributed by atoms with Gasteiger partial charge in [0.1, 0.15) is 11.9 Å². The minimum Gasteiger partial charge on any atom is -0.465 e. The zero-order valence-corrected chi connectivity index (χ0v) is 22.9. The van der Waals surface area contributed by atoms with Crippen LogP contribution in [0, 0.1) is 23.4 Å². The molecular weight excluding hydrogens is 521 g/mol. The third kappa shape index (κ3) is 7.63. The number of nitrogens with two attached hydrogens (primary N) is 1. The van der Waals surface area contributed by atoms with E-state index in [1.807, 2.05) is 13.8 Å². The molecule has 1 aromatic rings. The van der Waals surface area contributed by atoms with E-state index in [4.69, 9.17) is 10.5 Å². The molecule has 3 rings (SSSR count). The maximum absolute atomic E-state index is 14.0. The summed E-state index contributed by atoms with van der Waals surface area (Å²) in [4.78, 5) is 42.0. The molecule has 1 aromatic carbocycles. The third-order valence-electron chi connectivity index (χ3n) is 6.87. The summed E-state index contributed by atoms with van der Waals surface area (Å²) in [6, 6.07) is -0.0205. The van der Waals surface area contributed by atoms with Crippen molar-refractivity contribution in [2.75, 3.05) is 32.0 Å². The van der Waals surface area contributed by atoms with E-state index in [2.05, 4.69) is 10.2 Å². The Hall–Kier alpha value is -2.31. The maximum Gasteiger partial charge on any atom is 0.323 e. The van der Waals surface area contributed by atoms with Gasteiger partial charge in [-0.2, -0.15) is 0 Å². The first kappa shape index (κ1) is 30.2. The highest BCUT2D eigenvalue weighted by Crippen LogP contribution is 2.26. The van der Waals surface area contributed by atoms with Crippen molar-refractivity contribution in [1.82, 2.24) is 15.1 Å². The van der Waals surface area contributed by atoms with Gasteiger partial charge in [-0.25, -0.2) is 13.2 Å². The van der Waals surface area contributed by atoms with E-state index in [0.29, 0.717) is 50.9 Å². The number of ether oxygens (including phenoxy) is 1. The standard InChI is InChI=1S/C26H37F3N4O4S/c1-4-37-26(36)23(15(2)3)32-7-5-18(6-8-32)31-24(35)25-33(9-10-38-25)22(34)13-17(30)11-16-12-20(28)21(29)14-19(16)27/h12,14-15,17-18,23,25H,4-11,13,30H2,1-3H3,(H,31,35). The van der Waals surface area contributed by atoms with Gasteiger partial charge < -0.3 is 20.7 Å². The number of hydrogen-bond donors (Lipinski definition) is 2. The fourth-order valence-electron chi connectivity index (χ4n) is 5.02. The maximum atomic E-state index is 14.0. The second kappa shape index (κ2) is 13.7. The van der Waals surface area contributed by atoms with Crippen LogP contribution in [0.25, 0.3) is 0 Å². The summed E-state index contributed by atoms with van der Waals surface area (Å²) < 4.78 is 45.9. The molecule has 12 heteroatoms. The van der Waals surface area contributed by atoms with Crippen molar-refractivity contribution in [3.63, 3.8) is 0 Å². The zero-order chi connectivity index (χ0) is 28.0. The molecule has 3 N–H and O–H groups in total. The third-order valence-corrected chi connectivity index (χ3v) is 8.08. The summed E-state index contributed by atoms with van der Waals surface area (Å²) in [7, 11) is 0. The predicted octanol–water partition coefficient (Wildman–Crippen LogP) is 2.43. The summed E-state index contributed by atoms with van der Waals surface area (Å²) in [6.07, 6.45) is 1.04. The molecule has 3 unspecified atom stereocenters. The molecule has 0 radical (unpaired) electrons. The van der Waals surface area contributed by atoms with Crippen LogP contribution in [-0.4, -0.2) is 83.1 Å². The fraction of sp³-hybridized carbons (Fsp3) is 0.654. The molecule has 2 aliphatic heterocycles. The van der Waals surface area contributed by atoms with Gasteiger partial charge in [-0.1, -0.05) is 13.8 Å². The fourth-order valence-corrected chi connectivity index (χ4v) is 6.17. The average molecular weight is 559 g/mol. The Morgan fingerprint density at radius 2 is 1.76 bits per heavy atom. The van der Waals surface area contributed by atoms with Crippen LogP contribution in [0.5, 0.6) is 0 Å². The number of likely N-dealkylation sites (tertiary alicyclic amines) is 1. The van der Waals surface area contributed by atoms with Crippen molar-refractivity contribution in [3.8, 4) is 0 Å². The first-order valence-electron chi connectivity index (χ1n) is 13.0. The average Bonchev–Trinajstić information content (AvgIpc) is 3.34. The van der Waals surface area contributed by atoms with E-state index in [-0.39, 0.29) is 54.2 Å². The number of nitrogens with zero attached hydrogens (tertiary/aromatic N) is 2. The molecule has 0 spiro atoms. The van der Waals surface area contributed by atoms with Crippen LogP contribution in [0.15, 0.2) is 12.1 Å². The molecule has 2 saturated heterocycles. The molecule has 2 fully saturated rings. The van der Waals surface area contributed by atoms with Crippen LogP contribution in [0.1, 0.15) is 45.6 Å². The van der Waals surface area contributed by atoms with Crippen LogP contribution >= 0.6 is 11.8 Å². The van der Waals surface area contributed by atoms with E-state index in [9.17, 15) is 27.6 Å². The number of carbonyl (C=O) groups is 3. The number of benzene rings is 1. The summed E-state index contributed by atoms with van der Waals surface area (Å²) in [5, 5.41) is 2.35. The number of hydrogen-bond acceptors (Lipinski definition) is 7. The van der Waals surface area contributed by atoms with Gasteiger partial charge in [0.15, 0.2) is 17.0 Å². The van der Waals surface area contributed by atoms with E-state index >= 15 is 0 Å². The summed E-state index contributed by atoms with van der Waals surface area (Å²) >= 11 is 1.36. The molecule has 8 nitrogen and oxygen atoms in total. The number of nitrogens with one attached hydrogen (secondary N) is 1. The van der Waals surface area contributed by atoms with Crippen LogP contribution in [0.2, 0.25) is 0 Å². The number of thioether (sulfide) groups is 1. The molecule has 0 saturated carbocycles. The second-order valence-corrected chi connectivity index (χ2v) is 11.3. The van der Waals surface area contributed by atoms with Gasteiger partial charge in [0.05, 0.1) is 6.61 Å². The van der Waals surface area contributed by atoms with Crippen LogP contribution < -0.4 is 11.1 Å². The van der Waals surface area contributed by atoms with Crippen LogP contribution in [0.3, 0.4) is 0 Å². The molecule has 0 aliphatic carbocycles. The quantitative estimate of drug-likeness (QED) is 0.336. The Bertz CT molecular complexity index is 1010. The molecule has 2 heterocycles. The topological polar surface area (TPSA) is 105 Å². The van der Waals surface area contributed by atoms with Crippen molar-refractivity contribution >= 4 is 29.5 Å². The lowest BCUT2D eigenvalue weighted by molar-refractivity contribution is -0.152. The van der Waals surface area contributed by atoms with Crippen molar-refractivity contribution in [1.29, 1.82) is 0 Å². The lowest BCUT2D eigenvalue weighted by Gasteiger charge is -2.38. The molecule has 38 heavy (non-hydrogen) atoms. The van der Waals surface area contributed by atoms with Gasteiger partial charge in [-0.3, -0.25) is 19.3 Å². The summed E-state index contributed by atoms with van der Waals surface area (Å²) in [5.74, 6) is -3.55. The Morgan fingerprint density at radius 1 is 1.11 bits per heavy atom. The van der Waals surface area contributed by atoms with Gasteiger partial charge >= 0.3 is 5.97 Å². The predicted molar refractivity (Wildman–Crippen MR) is 139 cm³/mol.